The molecular formula is C17H19Cl2N3O2. The predicted octanol–water partition coefficient (Wildman–Crippen LogP) is 4.71. The number of ether oxygens (including phenoxy) is 1. The molecule has 1 amide bonds. The van der Waals surface area contributed by atoms with Crippen LogP contribution in [0.15, 0.2) is 30.5 Å². The van der Waals surface area contributed by atoms with Crippen LogP contribution in [0.3, 0.4) is 0 Å². The molecule has 1 atom stereocenters. The van der Waals surface area contributed by atoms with Crippen molar-refractivity contribution in [2.75, 3.05) is 5.32 Å². The molecule has 1 aliphatic carbocycles. The van der Waals surface area contributed by atoms with Gasteiger partial charge in [-0.2, -0.15) is 5.10 Å². The van der Waals surface area contributed by atoms with E-state index in [1.165, 1.54) is 12.8 Å². The summed E-state index contributed by atoms with van der Waals surface area (Å²) in [5.74, 6) is 0.873. The third kappa shape index (κ3) is 3.84. The standard InChI is InChI=1S/C17H19Cl2N3O2/c1-11(24-15-7-6-12(18)10-14(15)19)17(23)21-16-8-9-20-22(16)13-4-2-3-5-13/h6-11,13H,2-5H2,1H3,(H,21,23). The summed E-state index contributed by atoms with van der Waals surface area (Å²) < 4.78 is 7.54. The molecule has 1 aliphatic rings. The van der Waals surface area contributed by atoms with Gasteiger partial charge in [-0.3, -0.25) is 4.79 Å². The number of nitrogens with zero attached hydrogens (tertiary/aromatic N) is 2. The van der Waals surface area contributed by atoms with Crippen LogP contribution in [0.2, 0.25) is 10.0 Å². The fourth-order valence-electron chi connectivity index (χ4n) is 2.90. The number of hydrogen-bond donors (Lipinski definition) is 1. The van der Waals surface area contributed by atoms with Gasteiger partial charge in [0.25, 0.3) is 5.91 Å². The molecule has 128 valence electrons. The van der Waals surface area contributed by atoms with Gasteiger partial charge in [0.15, 0.2) is 6.10 Å². The minimum Gasteiger partial charge on any atom is -0.479 e. The molecule has 1 heterocycles. The fourth-order valence-corrected chi connectivity index (χ4v) is 3.35. The van der Waals surface area contributed by atoms with Gasteiger partial charge in [-0.15, -0.1) is 0 Å². The number of carbonyl (C=O) groups excluding carboxylic acids is 1. The summed E-state index contributed by atoms with van der Waals surface area (Å²) in [5, 5.41) is 8.12. The first-order chi connectivity index (χ1) is 11.5. The molecule has 0 aliphatic heterocycles. The molecule has 3 rings (SSSR count). The highest BCUT2D eigenvalue weighted by Gasteiger charge is 2.22. The third-order valence-corrected chi connectivity index (χ3v) is 4.69. The van der Waals surface area contributed by atoms with Crippen LogP contribution in [0, 0.1) is 0 Å². The lowest BCUT2D eigenvalue weighted by molar-refractivity contribution is -0.122. The predicted molar refractivity (Wildman–Crippen MR) is 94.9 cm³/mol. The Kier molecular flexibility index (Phi) is 5.31. The van der Waals surface area contributed by atoms with Crippen LogP contribution in [0.25, 0.3) is 0 Å². The molecule has 0 saturated heterocycles. The second-order valence-electron chi connectivity index (χ2n) is 5.92. The van der Waals surface area contributed by atoms with E-state index in [0.717, 1.165) is 12.8 Å². The highest BCUT2D eigenvalue weighted by Crippen LogP contribution is 2.31. The van der Waals surface area contributed by atoms with Crippen LogP contribution < -0.4 is 10.1 Å². The van der Waals surface area contributed by atoms with Crippen LogP contribution in [-0.4, -0.2) is 21.8 Å². The van der Waals surface area contributed by atoms with Crippen LogP contribution in [0.5, 0.6) is 5.75 Å². The lowest BCUT2D eigenvalue weighted by Gasteiger charge is -2.18. The van der Waals surface area contributed by atoms with E-state index in [9.17, 15) is 4.79 Å². The Morgan fingerprint density at radius 1 is 1.33 bits per heavy atom. The number of aromatic nitrogens is 2. The maximum absolute atomic E-state index is 12.4. The molecule has 7 heteroatoms. The van der Waals surface area contributed by atoms with E-state index in [1.807, 2.05) is 4.68 Å². The summed E-state index contributed by atoms with van der Waals surface area (Å²) in [4.78, 5) is 12.4. The van der Waals surface area contributed by atoms with Crippen molar-refractivity contribution in [3.63, 3.8) is 0 Å². The zero-order valence-electron chi connectivity index (χ0n) is 13.3. The minimum atomic E-state index is -0.699. The van der Waals surface area contributed by atoms with Gasteiger partial charge in [0.1, 0.15) is 11.6 Å². The molecule has 1 N–H and O–H groups in total. The van der Waals surface area contributed by atoms with Crippen molar-refractivity contribution in [2.24, 2.45) is 0 Å². The van der Waals surface area contributed by atoms with Crippen LogP contribution in [0.1, 0.15) is 38.6 Å². The van der Waals surface area contributed by atoms with E-state index >= 15 is 0 Å². The highest BCUT2D eigenvalue weighted by molar-refractivity contribution is 6.35. The quantitative estimate of drug-likeness (QED) is 0.832. The average molecular weight is 368 g/mol. The summed E-state index contributed by atoms with van der Waals surface area (Å²) in [7, 11) is 0. The molecule has 0 radical (unpaired) electrons. The lowest BCUT2D eigenvalue weighted by Crippen LogP contribution is -2.31. The number of nitrogens with one attached hydrogen (secondary N) is 1. The fraction of sp³-hybridized carbons (Fsp3) is 0.412. The van der Waals surface area contributed by atoms with E-state index in [4.69, 9.17) is 27.9 Å². The smallest absolute Gasteiger partial charge is 0.266 e. The van der Waals surface area contributed by atoms with E-state index in [2.05, 4.69) is 10.4 Å². The van der Waals surface area contributed by atoms with E-state index < -0.39 is 6.10 Å². The first-order valence-corrected chi connectivity index (χ1v) is 8.76. The topological polar surface area (TPSA) is 56.1 Å². The number of benzene rings is 1. The molecule has 1 unspecified atom stereocenters. The molecule has 5 nitrogen and oxygen atoms in total. The summed E-state index contributed by atoms with van der Waals surface area (Å²) in [6.45, 7) is 1.68. The van der Waals surface area contributed by atoms with Gasteiger partial charge in [0.2, 0.25) is 0 Å². The highest BCUT2D eigenvalue weighted by atomic mass is 35.5. The molecule has 0 spiro atoms. The summed E-state index contributed by atoms with van der Waals surface area (Å²) in [6, 6.07) is 7.06. The Morgan fingerprint density at radius 3 is 2.79 bits per heavy atom. The SMILES string of the molecule is CC(Oc1ccc(Cl)cc1Cl)C(=O)Nc1ccnn1C1CCCC1. The number of amides is 1. The molecule has 1 aromatic carbocycles. The van der Waals surface area contributed by atoms with Crippen molar-refractivity contribution in [1.29, 1.82) is 0 Å². The van der Waals surface area contributed by atoms with Gasteiger partial charge >= 0.3 is 0 Å². The Balaban J connectivity index is 1.65. The largest absolute Gasteiger partial charge is 0.479 e. The maximum atomic E-state index is 12.4. The van der Waals surface area contributed by atoms with Crippen molar-refractivity contribution in [3.8, 4) is 5.75 Å². The molecule has 0 bridgehead atoms. The average Bonchev–Trinajstić information content (AvgIpc) is 3.20. The minimum absolute atomic E-state index is 0.249. The zero-order valence-corrected chi connectivity index (χ0v) is 14.8. The lowest BCUT2D eigenvalue weighted by atomic mass is 10.2. The number of hydrogen-bond acceptors (Lipinski definition) is 3. The van der Waals surface area contributed by atoms with Crippen molar-refractivity contribution in [2.45, 2.75) is 44.8 Å². The normalized spacial score (nSPS) is 16.1. The molecule has 24 heavy (non-hydrogen) atoms. The summed E-state index contributed by atoms with van der Waals surface area (Å²) in [6.07, 6.45) is 5.60. The van der Waals surface area contributed by atoms with E-state index in [0.29, 0.717) is 27.7 Å². The molecule has 2 aromatic rings. The van der Waals surface area contributed by atoms with Crippen LogP contribution in [0.4, 0.5) is 5.82 Å². The van der Waals surface area contributed by atoms with Crippen LogP contribution >= 0.6 is 23.2 Å². The maximum Gasteiger partial charge on any atom is 0.266 e. The van der Waals surface area contributed by atoms with E-state index in [1.54, 1.807) is 37.4 Å². The Labute approximate surface area is 150 Å². The summed E-state index contributed by atoms with van der Waals surface area (Å²) >= 11 is 11.9. The first-order valence-electron chi connectivity index (χ1n) is 8.00. The second-order valence-corrected chi connectivity index (χ2v) is 6.77. The molecule has 1 saturated carbocycles. The number of carbonyl (C=O) groups is 1. The van der Waals surface area contributed by atoms with Crippen LogP contribution in [-0.2, 0) is 4.79 Å². The molecule has 1 fully saturated rings. The Hall–Kier alpha value is -1.72. The molecular weight excluding hydrogens is 349 g/mol. The number of halogens is 2. The van der Waals surface area contributed by atoms with Crippen molar-refractivity contribution in [3.05, 3.63) is 40.5 Å². The van der Waals surface area contributed by atoms with Crippen molar-refractivity contribution in [1.82, 2.24) is 9.78 Å². The van der Waals surface area contributed by atoms with E-state index in [-0.39, 0.29) is 5.91 Å². The Morgan fingerprint density at radius 2 is 2.08 bits per heavy atom. The van der Waals surface area contributed by atoms with Gasteiger partial charge in [0.05, 0.1) is 17.3 Å². The number of rotatable bonds is 5. The van der Waals surface area contributed by atoms with Gasteiger partial charge in [-0.05, 0) is 38.0 Å². The van der Waals surface area contributed by atoms with Gasteiger partial charge in [-0.25, -0.2) is 4.68 Å². The van der Waals surface area contributed by atoms with Crippen molar-refractivity contribution < 1.29 is 9.53 Å². The monoisotopic (exact) mass is 367 g/mol. The number of anilines is 1. The van der Waals surface area contributed by atoms with Gasteiger partial charge in [-0.1, -0.05) is 36.0 Å². The second kappa shape index (κ2) is 7.45. The third-order valence-electron chi connectivity index (χ3n) is 4.16. The van der Waals surface area contributed by atoms with Gasteiger partial charge < -0.3 is 10.1 Å². The summed E-state index contributed by atoms with van der Waals surface area (Å²) in [5.41, 5.74) is 0. The first kappa shape index (κ1) is 17.1. The van der Waals surface area contributed by atoms with Gasteiger partial charge in [0, 0.05) is 11.1 Å². The molecule has 1 aromatic heterocycles. The zero-order chi connectivity index (χ0) is 17.1. The Bertz CT molecular complexity index is 726. The van der Waals surface area contributed by atoms with Crippen molar-refractivity contribution >= 4 is 34.9 Å².